The van der Waals surface area contributed by atoms with E-state index in [1.807, 2.05) is 25.1 Å². The average molecular weight is 347 g/mol. The maximum absolute atomic E-state index is 12.8. The standard InChI is InChI=1S/C22H25N3O/c1-17-7-8-21-20(13-17)22(26)25(16-23-21)15-19-9-11-24(12-10-19)14-18-5-3-2-4-6-18/h2-8,13,16,19H,9-12,14-15H2,1H3. The Morgan fingerprint density at radius 2 is 1.85 bits per heavy atom. The third kappa shape index (κ3) is 3.70. The number of likely N-dealkylation sites (tertiary alicyclic amines) is 1. The van der Waals surface area contributed by atoms with Crippen molar-refractivity contribution in [3.8, 4) is 0 Å². The Kier molecular flexibility index (Phi) is 4.85. The molecule has 0 saturated carbocycles. The van der Waals surface area contributed by atoms with Crippen molar-refractivity contribution < 1.29 is 0 Å². The van der Waals surface area contributed by atoms with Gasteiger partial charge in [0, 0.05) is 13.1 Å². The molecule has 0 aliphatic carbocycles. The zero-order valence-corrected chi connectivity index (χ0v) is 15.3. The maximum atomic E-state index is 12.8. The van der Waals surface area contributed by atoms with Gasteiger partial charge < -0.3 is 0 Å². The van der Waals surface area contributed by atoms with Crippen LogP contribution in [0.3, 0.4) is 0 Å². The Morgan fingerprint density at radius 1 is 1.08 bits per heavy atom. The SMILES string of the molecule is Cc1ccc2ncn(CC3CCN(Cc4ccccc4)CC3)c(=O)c2c1. The van der Waals surface area contributed by atoms with Crippen LogP contribution >= 0.6 is 0 Å². The molecule has 26 heavy (non-hydrogen) atoms. The number of nitrogens with zero attached hydrogens (tertiary/aromatic N) is 3. The average Bonchev–Trinajstić information content (AvgIpc) is 2.67. The predicted octanol–water partition coefficient (Wildman–Crippen LogP) is 3.62. The molecule has 1 aromatic heterocycles. The molecule has 0 spiro atoms. The lowest BCUT2D eigenvalue weighted by molar-refractivity contribution is 0.166. The number of aromatic nitrogens is 2. The minimum Gasteiger partial charge on any atom is -0.299 e. The van der Waals surface area contributed by atoms with Gasteiger partial charge in [-0.2, -0.15) is 0 Å². The van der Waals surface area contributed by atoms with E-state index in [9.17, 15) is 4.79 Å². The number of aryl methyl sites for hydroxylation is 1. The molecule has 1 fully saturated rings. The second-order valence-corrected chi connectivity index (χ2v) is 7.43. The molecule has 2 heterocycles. The highest BCUT2D eigenvalue weighted by atomic mass is 16.1. The summed E-state index contributed by atoms with van der Waals surface area (Å²) >= 11 is 0. The van der Waals surface area contributed by atoms with Crippen LogP contribution in [0.2, 0.25) is 0 Å². The van der Waals surface area contributed by atoms with E-state index in [4.69, 9.17) is 0 Å². The molecule has 4 heteroatoms. The van der Waals surface area contributed by atoms with Crippen LogP contribution in [0.15, 0.2) is 59.7 Å². The van der Waals surface area contributed by atoms with Gasteiger partial charge >= 0.3 is 0 Å². The molecule has 4 nitrogen and oxygen atoms in total. The summed E-state index contributed by atoms with van der Waals surface area (Å²) in [5.74, 6) is 0.545. The summed E-state index contributed by atoms with van der Waals surface area (Å²) in [6.07, 6.45) is 3.98. The van der Waals surface area contributed by atoms with Gasteiger partial charge in [-0.15, -0.1) is 0 Å². The third-order valence-electron chi connectivity index (χ3n) is 5.39. The molecule has 4 rings (SSSR count). The summed E-state index contributed by atoms with van der Waals surface area (Å²) in [4.78, 5) is 19.8. The predicted molar refractivity (Wildman–Crippen MR) is 105 cm³/mol. The third-order valence-corrected chi connectivity index (χ3v) is 5.39. The fourth-order valence-corrected chi connectivity index (χ4v) is 3.85. The van der Waals surface area contributed by atoms with Crippen LogP contribution in [0.4, 0.5) is 0 Å². The van der Waals surface area contributed by atoms with Gasteiger partial charge in [0.25, 0.3) is 5.56 Å². The Hall–Kier alpha value is -2.46. The molecule has 0 unspecified atom stereocenters. The van der Waals surface area contributed by atoms with Crippen LogP contribution in [-0.2, 0) is 13.1 Å². The van der Waals surface area contributed by atoms with Crippen molar-refractivity contribution in [2.24, 2.45) is 5.92 Å². The van der Waals surface area contributed by atoms with Crippen molar-refractivity contribution in [3.05, 3.63) is 76.3 Å². The van der Waals surface area contributed by atoms with Crippen LogP contribution in [0.25, 0.3) is 10.9 Å². The second-order valence-electron chi connectivity index (χ2n) is 7.43. The van der Waals surface area contributed by atoms with Gasteiger partial charge in [-0.1, -0.05) is 42.0 Å². The smallest absolute Gasteiger partial charge is 0.261 e. The molecule has 3 aromatic rings. The van der Waals surface area contributed by atoms with Crippen LogP contribution < -0.4 is 5.56 Å². The summed E-state index contributed by atoms with van der Waals surface area (Å²) in [6, 6.07) is 16.5. The van der Waals surface area contributed by atoms with Crippen molar-refractivity contribution in [1.82, 2.24) is 14.5 Å². The molecule has 0 N–H and O–H groups in total. The van der Waals surface area contributed by atoms with Crippen molar-refractivity contribution >= 4 is 10.9 Å². The zero-order valence-electron chi connectivity index (χ0n) is 15.3. The molecule has 1 saturated heterocycles. The molecular weight excluding hydrogens is 322 g/mol. The second kappa shape index (κ2) is 7.42. The lowest BCUT2D eigenvalue weighted by Gasteiger charge is -2.32. The number of benzene rings is 2. The van der Waals surface area contributed by atoms with E-state index >= 15 is 0 Å². The van der Waals surface area contributed by atoms with E-state index < -0.39 is 0 Å². The van der Waals surface area contributed by atoms with Gasteiger partial charge in [0.05, 0.1) is 17.2 Å². The van der Waals surface area contributed by atoms with Crippen LogP contribution in [0.1, 0.15) is 24.0 Å². The highest BCUT2D eigenvalue weighted by Crippen LogP contribution is 2.20. The largest absolute Gasteiger partial charge is 0.299 e. The Labute approximate surface area is 154 Å². The molecule has 1 aliphatic rings. The first kappa shape index (κ1) is 17.0. The molecule has 0 amide bonds. The van der Waals surface area contributed by atoms with Crippen molar-refractivity contribution in [2.45, 2.75) is 32.9 Å². The van der Waals surface area contributed by atoms with Gasteiger partial charge in [0.1, 0.15) is 0 Å². The zero-order chi connectivity index (χ0) is 17.9. The Balaban J connectivity index is 1.41. The minimum atomic E-state index is 0.0883. The van der Waals surface area contributed by atoms with Gasteiger partial charge in [0.2, 0.25) is 0 Å². The lowest BCUT2D eigenvalue weighted by Crippen LogP contribution is -2.36. The van der Waals surface area contributed by atoms with E-state index in [0.29, 0.717) is 5.92 Å². The van der Waals surface area contributed by atoms with Gasteiger partial charge in [-0.3, -0.25) is 14.3 Å². The van der Waals surface area contributed by atoms with Gasteiger partial charge in [-0.25, -0.2) is 4.98 Å². The molecule has 2 aromatic carbocycles. The van der Waals surface area contributed by atoms with Crippen LogP contribution in [0, 0.1) is 12.8 Å². The Bertz CT molecular complexity index is 941. The van der Waals surface area contributed by atoms with Crippen LogP contribution in [0.5, 0.6) is 0 Å². The maximum Gasteiger partial charge on any atom is 0.261 e. The van der Waals surface area contributed by atoms with E-state index in [1.165, 1.54) is 5.56 Å². The van der Waals surface area contributed by atoms with Gasteiger partial charge in [0.15, 0.2) is 0 Å². The van der Waals surface area contributed by atoms with E-state index in [-0.39, 0.29) is 5.56 Å². The van der Waals surface area contributed by atoms with Crippen molar-refractivity contribution in [1.29, 1.82) is 0 Å². The normalized spacial score (nSPS) is 16.2. The summed E-state index contributed by atoms with van der Waals surface area (Å²) in [6.45, 7) is 5.99. The van der Waals surface area contributed by atoms with E-state index in [1.54, 1.807) is 10.9 Å². The number of fused-ring (bicyclic) bond motifs is 1. The topological polar surface area (TPSA) is 38.1 Å². The molecular formula is C22H25N3O. The fourth-order valence-electron chi connectivity index (χ4n) is 3.85. The van der Waals surface area contributed by atoms with Gasteiger partial charge in [-0.05, 0) is 56.5 Å². The molecule has 0 atom stereocenters. The molecule has 0 radical (unpaired) electrons. The summed E-state index contributed by atoms with van der Waals surface area (Å²) in [7, 11) is 0. The monoisotopic (exact) mass is 347 g/mol. The lowest BCUT2D eigenvalue weighted by atomic mass is 9.96. The minimum absolute atomic E-state index is 0.0883. The van der Waals surface area contributed by atoms with Crippen molar-refractivity contribution in [2.75, 3.05) is 13.1 Å². The first-order chi connectivity index (χ1) is 12.7. The quantitative estimate of drug-likeness (QED) is 0.723. The number of piperidine rings is 1. The molecule has 134 valence electrons. The molecule has 1 aliphatic heterocycles. The first-order valence-corrected chi connectivity index (χ1v) is 9.41. The summed E-state index contributed by atoms with van der Waals surface area (Å²) in [5.41, 5.74) is 3.35. The number of hydrogen-bond donors (Lipinski definition) is 0. The van der Waals surface area contributed by atoms with E-state index in [0.717, 1.165) is 55.5 Å². The number of hydrogen-bond acceptors (Lipinski definition) is 3. The van der Waals surface area contributed by atoms with Crippen molar-refractivity contribution in [3.63, 3.8) is 0 Å². The highest BCUT2D eigenvalue weighted by Gasteiger charge is 2.20. The summed E-state index contributed by atoms with van der Waals surface area (Å²) in [5, 5.41) is 0.731. The Morgan fingerprint density at radius 3 is 2.62 bits per heavy atom. The first-order valence-electron chi connectivity index (χ1n) is 9.41. The number of rotatable bonds is 4. The molecule has 0 bridgehead atoms. The van der Waals surface area contributed by atoms with Crippen LogP contribution in [-0.4, -0.2) is 27.5 Å². The highest BCUT2D eigenvalue weighted by molar-refractivity contribution is 5.77. The van der Waals surface area contributed by atoms with E-state index in [2.05, 4.69) is 40.2 Å². The fraction of sp³-hybridized carbons (Fsp3) is 0.364. The summed E-state index contributed by atoms with van der Waals surface area (Å²) < 4.78 is 1.80.